The van der Waals surface area contributed by atoms with Crippen LogP contribution in [0.25, 0.3) is 0 Å². The zero-order chi connectivity index (χ0) is 10.2. The molecule has 0 saturated carbocycles. The Hall–Kier alpha value is -1.84. The maximum absolute atomic E-state index is 11.2. The molecule has 0 saturated heterocycles. The van der Waals surface area contributed by atoms with Crippen LogP contribution >= 0.6 is 0 Å². The molecule has 74 valence electrons. The first-order chi connectivity index (χ1) is 6.83. The number of rotatable bonds is 3. The van der Waals surface area contributed by atoms with E-state index in [2.05, 4.69) is 15.8 Å². The molecule has 0 atom stereocenters. The Morgan fingerprint density at radius 2 is 2.14 bits per heavy atom. The number of carbonyl (C=O) groups excluding carboxylic acids is 1. The van der Waals surface area contributed by atoms with Crippen LogP contribution in [0.5, 0.6) is 0 Å². The molecule has 0 spiro atoms. The second-order valence-electron chi connectivity index (χ2n) is 2.65. The van der Waals surface area contributed by atoms with Gasteiger partial charge >= 0.3 is 6.03 Å². The van der Waals surface area contributed by atoms with E-state index in [1.165, 1.54) is 0 Å². The summed E-state index contributed by atoms with van der Waals surface area (Å²) in [5.74, 6) is 0. The summed E-state index contributed by atoms with van der Waals surface area (Å²) in [6.07, 6.45) is 2.43. The number of benzene rings is 1. The van der Waals surface area contributed by atoms with Crippen LogP contribution in [-0.4, -0.2) is 12.2 Å². The van der Waals surface area contributed by atoms with Gasteiger partial charge in [-0.3, -0.25) is 0 Å². The lowest BCUT2D eigenvalue weighted by Gasteiger charge is -2.02. The van der Waals surface area contributed by atoms with Crippen molar-refractivity contribution in [1.82, 2.24) is 5.43 Å². The van der Waals surface area contributed by atoms with Gasteiger partial charge in [0.25, 0.3) is 0 Å². The molecule has 0 aromatic heterocycles. The number of anilines is 1. The molecule has 2 N–H and O–H groups in total. The van der Waals surface area contributed by atoms with Crippen molar-refractivity contribution in [2.75, 3.05) is 5.32 Å². The molecule has 0 bridgehead atoms. The zero-order valence-electron chi connectivity index (χ0n) is 8.03. The monoisotopic (exact) mass is 191 g/mol. The van der Waals surface area contributed by atoms with Gasteiger partial charge in [0.05, 0.1) is 0 Å². The van der Waals surface area contributed by atoms with Crippen LogP contribution in [0.15, 0.2) is 35.4 Å². The molecule has 2 amide bonds. The number of para-hydroxylation sites is 1. The van der Waals surface area contributed by atoms with Crippen LogP contribution in [0, 0.1) is 0 Å². The summed E-state index contributed by atoms with van der Waals surface area (Å²) in [6, 6.07) is 8.88. The second-order valence-corrected chi connectivity index (χ2v) is 2.65. The molecule has 0 aliphatic heterocycles. The van der Waals surface area contributed by atoms with Gasteiger partial charge in [-0.15, -0.1) is 0 Å². The van der Waals surface area contributed by atoms with Crippen molar-refractivity contribution in [1.29, 1.82) is 0 Å². The van der Waals surface area contributed by atoms with Gasteiger partial charge < -0.3 is 5.32 Å². The summed E-state index contributed by atoms with van der Waals surface area (Å²) >= 11 is 0. The molecular formula is C10H13N3O. The minimum atomic E-state index is -0.332. The molecule has 1 aromatic rings. The molecular weight excluding hydrogens is 178 g/mol. The summed E-state index contributed by atoms with van der Waals surface area (Å²) in [6.45, 7) is 1.94. The van der Waals surface area contributed by atoms with Crippen molar-refractivity contribution in [3.05, 3.63) is 30.3 Å². The average Bonchev–Trinajstić information content (AvgIpc) is 2.20. The van der Waals surface area contributed by atoms with Gasteiger partial charge in [-0.05, 0) is 18.6 Å². The smallest absolute Gasteiger partial charge is 0.307 e. The average molecular weight is 191 g/mol. The van der Waals surface area contributed by atoms with Crippen LogP contribution in [-0.2, 0) is 0 Å². The summed E-state index contributed by atoms with van der Waals surface area (Å²) in [4.78, 5) is 11.2. The van der Waals surface area contributed by atoms with Gasteiger partial charge in [-0.2, -0.15) is 5.10 Å². The highest BCUT2D eigenvalue weighted by molar-refractivity contribution is 5.89. The quantitative estimate of drug-likeness (QED) is 0.558. The molecule has 0 unspecified atom stereocenters. The van der Waals surface area contributed by atoms with Crippen LogP contribution in [0.1, 0.15) is 13.3 Å². The Morgan fingerprint density at radius 1 is 1.43 bits per heavy atom. The maximum atomic E-state index is 11.2. The topological polar surface area (TPSA) is 53.5 Å². The Morgan fingerprint density at radius 3 is 2.79 bits per heavy atom. The van der Waals surface area contributed by atoms with E-state index in [4.69, 9.17) is 0 Å². The first-order valence-corrected chi connectivity index (χ1v) is 4.46. The number of nitrogens with one attached hydrogen (secondary N) is 2. The Bertz CT molecular complexity index is 308. The van der Waals surface area contributed by atoms with Crippen LogP contribution in [0.3, 0.4) is 0 Å². The standard InChI is InChI=1S/C10H13N3O/c1-2-8-11-13-10(14)12-9-6-4-3-5-7-9/h3-8H,2H2,1H3,(H2,12,13,14). The van der Waals surface area contributed by atoms with Crippen molar-refractivity contribution in [2.45, 2.75) is 13.3 Å². The number of hydrogen-bond acceptors (Lipinski definition) is 2. The molecule has 0 aliphatic rings. The third kappa shape index (κ3) is 3.71. The Labute approximate surface area is 83.0 Å². The summed E-state index contributed by atoms with van der Waals surface area (Å²) in [5.41, 5.74) is 3.10. The van der Waals surface area contributed by atoms with E-state index in [1.54, 1.807) is 6.21 Å². The van der Waals surface area contributed by atoms with E-state index < -0.39 is 0 Å². The highest BCUT2D eigenvalue weighted by Gasteiger charge is 1.96. The van der Waals surface area contributed by atoms with E-state index >= 15 is 0 Å². The van der Waals surface area contributed by atoms with Crippen molar-refractivity contribution >= 4 is 17.9 Å². The number of amides is 2. The SMILES string of the molecule is CCC=NNC(=O)Nc1ccccc1. The first-order valence-electron chi connectivity index (χ1n) is 4.46. The number of carbonyl (C=O) groups is 1. The fraction of sp³-hybridized carbons (Fsp3) is 0.200. The predicted octanol–water partition coefficient (Wildman–Crippen LogP) is 2.20. The van der Waals surface area contributed by atoms with E-state index in [0.29, 0.717) is 0 Å². The molecule has 0 aliphatic carbocycles. The van der Waals surface area contributed by atoms with Gasteiger partial charge in [0, 0.05) is 11.9 Å². The molecule has 0 fully saturated rings. The van der Waals surface area contributed by atoms with E-state index in [-0.39, 0.29) is 6.03 Å². The lowest BCUT2D eigenvalue weighted by molar-refractivity contribution is 0.252. The van der Waals surface area contributed by atoms with Crippen LogP contribution < -0.4 is 10.7 Å². The van der Waals surface area contributed by atoms with Crippen molar-refractivity contribution < 1.29 is 4.79 Å². The summed E-state index contributed by atoms with van der Waals surface area (Å²) in [5, 5.41) is 6.34. The molecule has 4 heteroatoms. The molecule has 14 heavy (non-hydrogen) atoms. The van der Waals surface area contributed by atoms with Gasteiger partial charge in [0.15, 0.2) is 0 Å². The minimum absolute atomic E-state index is 0.332. The van der Waals surface area contributed by atoms with E-state index in [0.717, 1.165) is 12.1 Å². The molecule has 0 heterocycles. The number of urea groups is 1. The zero-order valence-corrected chi connectivity index (χ0v) is 8.03. The van der Waals surface area contributed by atoms with Gasteiger partial charge in [0.2, 0.25) is 0 Å². The Balaban J connectivity index is 2.38. The molecule has 4 nitrogen and oxygen atoms in total. The van der Waals surface area contributed by atoms with Crippen molar-refractivity contribution in [3.8, 4) is 0 Å². The third-order valence-corrected chi connectivity index (χ3v) is 1.47. The normalized spacial score (nSPS) is 10.1. The fourth-order valence-corrected chi connectivity index (χ4v) is 0.876. The fourth-order valence-electron chi connectivity index (χ4n) is 0.876. The lowest BCUT2D eigenvalue weighted by Crippen LogP contribution is -2.23. The molecule has 0 radical (unpaired) electrons. The van der Waals surface area contributed by atoms with Crippen molar-refractivity contribution in [3.63, 3.8) is 0 Å². The van der Waals surface area contributed by atoms with Crippen LogP contribution in [0.2, 0.25) is 0 Å². The largest absolute Gasteiger partial charge is 0.339 e. The maximum Gasteiger partial charge on any atom is 0.339 e. The number of hydrazone groups is 1. The minimum Gasteiger partial charge on any atom is -0.307 e. The molecule has 1 aromatic carbocycles. The van der Waals surface area contributed by atoms with Gasteiger partial charge in [0.1, 0.15) is 0 Å². The Kier molecular flexibility index (Phi) is 4.20. The first kappa shape index (κ1) is 10.2. The predicted molar refractivity (Wildman–Crippen MR) is 57.4 cm³/mol. The van der Waals surface area contributed by atoms with Crippen LogP contribution in [0.4, 0.5) is 10.5 Å². The highest BCUT2D eigenvalue weighted by Crippen LogP contribution is 2.03. The summed E-state index contributed by atoms with van der Waals surface area (Å²) in [7, 11) is 0. The van der Waals surface area contributed by atoms with Gasteiger partial charge in [-0.25, -0.2) is 10.2 Å². The second kappa shape index (κ2) is 5.75. The van der Waals surface area contributed by atoms with Gasteiger partial charge in [-0.1, -0.05) is 25.1 Å². The van der Waals surface area contributed by atoms with E-state index in [9.17, 15) is 4.79 Å². The number of hydrogen-bond donors (Lipinski definition) is 2. The third-order valence-electron chi connectivity index (χ3n) is 1.47. The summed E-state index contributed by atoms with van der Waals surface area (Å²) < 4.78 is 0. The van der Waals surface area contributed by atoms with Crippen molar-refractivity contribution in [2.24, 2.45) is 5.10 Å². The van der Waals surface area contributed by atoms with E-state index in [1.807, 2.05) is 37.3 Å². The number of nitrogens with zero attached hydrogens (tertiary/aromatic N) is 1. The lowest BCUT2D eigenvalue weighted by atomic mass is 10.3. The molecule has 1 rings (SSSR count). The highest BCUT2D eigenvalue weighted by atomic mass is 16.2.